The van der Waals surface area contributed by atoms with Gasteiger partial charge in [-0.15, -0.1) is 0 Å². The Kier molecular flexibility index (Phi) is 6.79. The Bertz CT molecular complexity index is 1280. The third kappa shape index (κ3) is 4.79. The SMILES string of the molecule is O=C(c1ccc(S(=O)(=O)N2CCCCCC2)cc1)N1CCN(c2nc3ccc(Cl)cc3s2)CC1. The topological polar surface area (TPSA) is 73.8 Å². The number of fused-ring (bicyclic) bond motifs is 1. The van der Waals surface area contributed by atoms with Crippen molar-refractivity contribution in [1.82, 2.24) is 14.2 Å². The molecule has 3 aromatic rings. The number of piperazine rings is 1. The fourth-order valence-corrected chi connectivity index (χ4v) is 7.32. The molecule has 0 N–H and O–H groups in total. The smallest absolute Gasteiger partial charge is 0.253 e. The van der Waals surface area contributed by atoms with Crippen LogP contribution in [-0.4, -0.2) is 67.8 Å². The number of nitrogens with zero attached hydrogens (tertiary/aromatic N) is 4. The quantitative estimate of drug-likeness (QED) is 0.509. The summed E-state index contributed by atoms with van der Waals surface area (Å²) in [7, 11) is -3.52. The van der Waals surface area contributed by atoms with Crippen molar-refractivity contribution in [1.29, 1.82) is 0 Å². The van der Waals surface area contributed by atoms with Crippen molar-refractivity contribution in [2.24, 2.45) is 0 Å². The molecule has 3 heterocycles. The van der Waals surface area contributed by atoms with Crippen LogP contribution in [0.5, 0.6) is 0 Å². The van der Waals surface area contributed by atoms with Gasteiger partial charge in [0.2, 0.25) is 10.0 Å². The molecule has 0 bridgehead atoms. The van der Waals surface area contributed by atoms with E-state index < -0.39 is 10.0 Å². The van der Waals surface area contributed by atoms with Crippen LogP contribution in [-0.2, 0) is 10.0 Å². The van der Waals surface area contributed by atoms with E-state index in [1.165, 1.54) is 0 Å². The highest BCUT2D eigenvalue weighted by atomic mass is 35.5. The number of thiazole rings is 1. The molecule has 34 heavy (non-hydrogen) atoms. The number of hydrogen-bond donors (Lipinski definition) is 0. The average molecular weight is 519 g/mol. The van der Waals surface area contributed by atoms with Crippen LogP contribution in [0.2, 0.25) is 5.02 Å². The van der Waals surface area contributed by atoms with Gasteiger partial charge in [0.1, 0.15) is 0 Å². The third-order valence-corrected chi connectivity index (χ3v) is 9.71. The predicted octanol–water partition coefficient (Wildman–Crippen LogP) is 4.48. The van der Waals surface area contributed by atoms with Gasteiger partial charge in [0.05, 0.1) is 15.1 Å². The zero-order chi connectivity index (χ0) is 23.7. The first kappa shape index (κ1) is 23.5. The molecule has 0 spiro atoms. The molecular formula is C24H27ClN4O3S2. The van der Waals surface area contributed by atoms with Crippen molar-refractivity contribution in [3.05, 3.63) is 53.1 Å². The first-order valence-corrected chi connectivity index (χ1v) is 14.3. The van der Waals surface area contributed by atoms with E-state index in [4.69, 9.17) is 16.6 Å². The van der Waals surface area contributed by atoms with Crippen LogP contribution in [0.1, 0.15) is 36.0 Å². The lowest BCUT2D eigenvalue weighted by atomic mass is 10.2. The summed E-state index contributed by atoms with van der Waals surface area (Å²) >= 11 is 7.70. The largest absolute Gasteiger partial charge is 0.345 e. The normalized spacial score (nSPS) is 18.3. The second-order valence-electron chi connectivity index (χ2n) is 8.73. The van der Waals surface area contributed by atoms with E-state index in [1.807, 2.05) is 23.1 Å². The molecule has 0 radical (unpaired) electrons. The molecule has 2 aliphatic rings. The molecule has 10 heteroatoms. The Labute approximate surface area is 209 Å². The van der Waals surface area contributed by atoms with Crippen molar-refractivity contribution in [2.45, 2.75) is 30.6 Å². The van der Waals surface area contributed by atoms with Crippen LogP contribution in [0.3, 0.4) is 0 Å². The van der Waals surface area contributed by atoms with Crippen molar-refractivity contribution in [2.75, 3.05) is 44.2 Å². The molecule has 0 atom stereocenters. The number of hydrogen-bond acceptors (Lipinski definition) is 6. The molecule has 2 fully saturated rings. The molecule has 1 amide bonds. The second kappa shape index (κ2) is 9.81. The van der Waals surface area contributed by atoms with E-state index in [-0.39, 0.29) is 10.8 Å². The Hall–Kier alpha value is -2.20. The van der Waals surface area contributed by atoms with E-state index in [9.17, 15) is 13.2 Å². The second-order valence-corrected chi connectivity index (χ2v) is 12.1. The lowest BCUT2D eigenvalue weighted by Crippen LogP contribution is -2.48. The lowest BCUT2D eigenvalue weighted by molar-refractivity contribution is 0.0746. The molecule has 5 rings (SSSR count). The molecule has 1 aromatic heterocycles. The highest BCUT2D eigenvalue weighted by molar-refractivity contribution is 7.89. The number of carbonyl (C=O) groups excluding carboxylic acids is 1. The summed E-state index contributed by atoms with van der Waals surface area (Å²) in [6.07, 6.45) is 3.93. The van der Waals surface area contributed by atoms with Crippen molar-refractivity contribution < 1.29 is 13.2 Å². The maximum atomic E-state index is 13.0. The highest BCUT2D eigenvalue weighted by Crippen LogP contribution is 2.31. The molecule has 0 aliphatic carbocycles. The predicted molar refractivity (Wildman–Crippen MR) is 136 cm³/mol. The van der Waals surface area contributed by atoms with Gasteiger partial charge >= 0.3 is 0 Å². The van der Waals surface area contributed by atoms with E-state index >= 15 is 0 Å². The van der Waals surface area contributed by atoms with E-state index in [2.05, 4.69) is 4.90 Å². The van der Waals surface area contributed by atoms with Gasteiger partial charge in [0.15, 0.2) is 5.13 Å². The summed E-state index contributed by atoms with van der Waals surface area (Å²) < 4.78 is 28.6. The first-order valence-electron chi connectivity index (χ1n) is 11.6. The standard InChI is InChI=1S/C24H27ClN4O3S2/c25-19-7-10-21-22(17-19)33-24(26-21)28-15-13-27(14-16-28)23(30)18-5-8-20(9-6-18)34(31,32)29-11-3-1-2-4-12-29/h5-10,17H,1-4,11-16H2. The van der Waals surface area contributed by atoms with Crippen molar-refractivity contribution >= 4 is 54.2 Å². The number of aromatic nitrogens is 1. The number of carbonyl (C=O) groups is 1. The zero-order valence-electron chi connectivity index (χ0n) is 18.8. The molecule has 2 aliphatic heterocycles. The average Bonchev–Trinajstić information content (AvgIpc) is 3.07. The van der Waals surface area contributed by atoms with Crippen LogP contribution < -0.4 is 4.90 Å². The number of benzene rings is 2. The summed E-state index contributed by atoms with van der Waals surface area (Å²) in [4.78, 5) is 22.0. The third-order valence-electron chi connectivity index (χ3n) is 6.48. The Balaban J connectivity index is 1.23. The molecule has 0 saturated carbocycles. The Morgan fingerprint density at radius 1 is 0.882 bits per heavy atom. The van der Waals surface area contributed by atoms with E-state index in [0.29, 0.717) is 49.9 Å². The van der Waals surface area contributed by atoms with Gasteiger partial charge in [-0.1, -0.05) is 35.8 Å². The maximum absolute atomic E-state index is 13.0. The van der Waals surface area contributed by atoms with Gasteiger partial charge in [0.25, 0.3) is 5.91 Å². The summed E-state index contributed by atoms with van der Waals surface area (Å²) in [6.45, 7) is 3.69. The number of sulfonamides is 1. The van der Waals surface area contributed by atoms with Crippen LogP contribution >= 0.6 is 22.9 Å². The molecular weight excluding hydrogens is 492 g/mol. The first-order chi connectivity index (χ1) is 16.4. The summed E-state index contributed by atoms with van der Waals surface area (Å²) in [6, 6.07) is 12.1. The van der Waals surface area contributed by atoms with Crippen LogP contribution in [0, 0.1) is 0 Å². The van der Waals surface area contributed by atoms with Gasteiger partial charge in [-0.3, -0.25) is 4.79 Å². The van der Waals surface area contributed by atoms with Crippen LogP contribution in [0.15, 0.2) is 47.4 Å². The number of anilines is 1. The number of rotatable bonds is 4. The molecule has 180 valence electrons. The summed E-state index contributed by atoms with van der Waals surface area (Å²) in [5.41, 5.74) is 1.44. The fourth-order valence-electron chi connectivity index (χ4n) is 4.51. The van der Waals surface area contributed by atoms with Gasteiger partial charge in [-0.05, 0) is 55.3 Å². The van der Waals surface area contributed by atoms with Crippen LogP contribution in [0.4, 0.5) is 5.13 Å². The van der Waals surface area contributed by atoms with Gasteiger partial charge < -0.3 is 9.80 Å². The Morgan fingerprint density at radius 3 is 2.24 bits per heavy atom. The monoisotopic (exact) mass is 518 g/mol. The van der Waals surface area contributed by atoms with Crippen molar-refractivity contribution in [3.8, 4) is 0 Å². The number of amides is 1. The van der Waals surface area contributed by atoms with Gasteiger partial charge in [-0.2, -0.15) is 4.31 Å². The molecule has 2 aromatic carbocycles. The minimum Gasteiger partial charge on any atom is -0.345 e. The molecule has 7 nitrogen and oxygen atoms in total. The summed E-state index contributed by atoms with van der Waals surface area (Å²) in [5.74, 6) is -0.0746. The minimum absolute atomic E-state index is 0.0746. The van der Waals surface area contributed by atoms with E-state index in [1.54, 1.807) is 39.9 Å². The molecule has 0 unspecified atom stereocenters. The minimum atomic E-state index is -3.52. The Morgan fingerprint density at radius 2 is 1.56 bits per heavy atom. The number of halogens is 1. The maximum Gasteiger partial charge on any atom is 0.253 e. The molecule has 2 saturated heterocycles. The van der Waals surface area contributed by atoms with E-state index in [0.717, 1.165) is 41.0 Å². The summed E-state index contributed by atoms with van der Waals surface area (Å²) in [5, 5.41) is 1.63. The fraction of sp³-hybridized carbons (Fsp3) is 0.417. The van der Waals surface area contributed by atoms with Gasteiger partial charge in [0, 0.05) is 49.9 Å². The highest BCUT2D eigenvalue weighted by Gasteiger charge is 2.27. The van der Waals surface area contributed by atoms with Crippen LogP contribution in [0.25, 0.3) is 10.2 Å². The lowest BCUT2D eigenvalue weighted by Gasteiger charge is -2.34. The zero-order valence-corrected chi connectivity index (χ0v) is 21.2. The van der Waals surface area contributed by atoms with Gasteiger partial charge in [-0.25, -0.2) is 13.4 Å². The van der Waals surface area contributed by atoms with Crippen molar-refractivity contribution in [3.63, 3.8) is 0 Å².